The molecule has 3 aromatic heterocycles. The Labute approximate surface area is 166 Å². The van der Waals surface area contributed by atoms with Crippen LogP contribution in [0.3, 0.4) is 0 Å². The molecule has 4 aromatic rings. The second-order valence-corrected chi connectivity index (χ2v) is 7.56. The van der Waals surface area contributed by atoms with Crippen LogP contribution in [0.2, 0.25) is 0 Å². The van der Waals surface area contributed by atoms with Crippen molar-refractivity contribution in [2.45, 2.75) is 18.5 Å². The van der Waals surface area contributed by atoms with Crippen molar-refractivity contribution in [3.8, 4) is 22.5 Å². The van der Waals surface area contributed by atoms with Crippen molar-refractivity contribution in [2.24, 2.45) is 0 Å². The largest absolute Gasteiger partial charge is 0.349 e. The summed E-state index contributed by atoms with van der Waals surface area (Å²) in [5.41, 5.74) is 4.00. The van der Waals surface area contributed by atoms with E-state index in [4.69, 9.17) is 10.1 Å². The van der Waals surface area contributed by atoms with Crippen LogP contribution in [-0.2, 0) is 0 Å². The third-order valence-corrected chi connectivity index (χ3v) is 5.79. The highest BCUT2D eigenvalue weighted by molar-refractivity contribution is 5.81. The minimum Gasteiger partial charge on any atom is -0.349 e. The molecule has 2 saturated heterocycles. The summed E-state index contributed by atoms with van der Waals surface area (Å²) >= 11 is 0. The number of nitrogens with one attached hydrogen (secondary N) is 1. The third-order valence-electron chi connectivity index (χ3n) is 5.79. The lowest BCUT2D eigenvalue weighted by atomic mass is 10.1. The van der Waals surface area contributed by atoms with Gasteiger partial charge in [-0.2, -0.15) is 10.2 Å². The number of piperazine rings is 1. The quantitative estimate of drug-likeness (QED) is 0.583. The van der Waals surface area contributed by atoms with Crippen molar-refractivity contribution < 1.29 is 4.39 Å². The monoisotopic (exact) mass is 387 g/mol. The lowest BCUT2D eigenvalue weighted by Crippen LogP contribution is -2.44. The van der Waals surface area contributed by atoms with E-state index >= 15 is 0 Å². The molecule has 2 fully saturated rings. The molecule has 5 heterocycles. The molecule has 0 amide bonds. The molecule has 0 saturated carbocycles. The normalized spacial score (nSPS) is 20.7. The van der Waals surface area contributed by atoms with E-state index in [1.807, 2.05) is 22.7 Å². The number of rotatable bonds is 3. The molecule has 0 aliphatic carbocycles. The molecular weight excluding hydrogens is 369 g/mol. The fourth-order valence-corrected chi connectivity index (χ4v) is 4.42. The van der Waals surface area contributed by atoms with Gasteiger partial charge in [0.25, 0.3) is 0 Å². The Hall–Kier alpha value is -3.39. The molecule has 8 heteroatoms. The van der Waals surface area contributed by atoms with Crippen LogP contribution in [0.25, 0.3) is 28.2 Å². The predicted octanol–water partition coefficient (Wildman–Crippen LogP) is 2.54. The molecule has 2 atom stereocenters. The number of halogens is 1. The van der Waals surface area contributed by atoms with Crippen LogP contribution in [0, 0.1) is 5.82 Å². The van der Waals surface area contributed by atoms with Gasteiger partial charge in [0.1, 0.15) is 17.3 Å². The summed E-state index contributed by atoms with van der Waals surface area (Å²) < 4.78 is 15.3. The van der Waals surface area contributed by atoms with Gasteiger partial charge in [0.05, 0.1) is 18.1 Å². The highest BCUT2D eigenvalue weighted by Crippen LogP contribution is 2.34. The van der Waals surface area contributed by atoms with Gasteiger partial charge in [0.2, 0.25) is 0 Å². The fourth-order valence-electron chi connectivity index (χ4n) is 4.42. The molecule has 0 spiro atoms. The van der Waals surface area contributed by atoms with Crippen molar-refractivity contribution in [1.82, 2.24) is 30.1 Å². The van der Waals surface area contributed by atoms with Gasteiger partial charge in [-0.15, -0.1) is 5.10 Å². The van der Waals surface area contributed by atoms with E-state index < -0.39 is 0 Å². The summed E-state index contributed by atoms with van der Waals surface area (Å²) in [4.78, 5) is 7.17. The highest BCUT2D eigenvalue weighted by atomic mass is 19.1. The fraction of sp³-hybridized carbons (Fsp3) is 0.238. The van der Waals surface area contributed by atoms with E-state index in [9.17, 15) is 4.39 Å². The maximum atomic E-state index is 13.5. The lowest BCUT2D eigenvalue weighted by molar-refractivity contribution is 0.573. The topological polar surface area (TPSA) is 71.2 Å². The molecule has 2 aliphatic heterocycles. The van der Waals surface area contributed by atoms with Crippen LogP contribution in [0.5, 0.6) is 0 Å². The number of benzene rings is 1. The molecular formula is C21H18FN7. The van der Waals surface area contributed by atoms with Crippen LogP contribution in [0.15, 0.2) is 54.9 Å². The van der Waals surface area contributed by atoms with Crippen molar-refractivity contribution >= 4 is 11.5 Å². The first-order valence-electron chi connectivity index (χ1n) is 9.69. The van der Waals surface area contributed by atoms with E-state index in [2.05, 4.69) is 20.4 Å². The minimum absolute atomic E-state index is 0.275. The standard InChI is InChI=1S/C21H18FN7/c22-15-3-1-13(2-4-15)20-21(14-7-8-24-25-10-14)29-18(26-20)5-6-19(27-29)28-12-16-9-17(28)11-23-16/h1-8,10,16-17,23H,9,11-12H2/t16-,17-/m0/s1. The predicted molar refractivity (Wildman–Crippen MR) is 107 cm³/mol. The van der Waals surface area contributed by atoms with Gasteiger partial charge in [-0.3, -0.25) is 0 Å². The van der Waals surface area contributed by atoms with Gasteiger partial charge in [-0.1, -0.05) is 0 Å². The third kappa shape index (κ3) is 2.67. The smallest absolute Gasteiger partial charge is 0.155 e. The molecule has 7 nitrogen and oxygen atoms in total. The molecule has 1 aromatic carbocycles. The Bertz CT molecular complexity index is 1190. The number of anilines is 1. The summed E-state index contributed by atoms with van der Waals surface area (Å²) in [6.45, 7) is 1.96. The molecule has 6 rings (SSSR count). The second-order valence-electron chi connectivity index (χ2n) is 7.56. The van der Waals surface area contributed by atoms with E-state index in [1.54, 1.807) is 24.5 Å². The van der Waals surface area contributed by atoms with Gasteiger partial charge in [0, 0.05) is 36.3 Å². The minimum atomic E-state index is -0.275. The van der Waals surface area contributed by atoms with Gasteiger partial charge >= 0.3 is 0 Å². The second kappa shape index (κ2) is 6.31. The zero-order valence-corrected chi connectivity index (χ0v) is 15.5. The van der Waals surface area contributed by atoms with Crippen LogP contribution >= 0.6 is 0 Å². The Kier molecular flexibility index (Phi) is 3.60. The molecule has 0 radical (unpaired) electrons. The maximum Gasteiger partial charge on any atom is 0.155 e. The molecule has 144 valence electrons. The Balaban J connectivity index is 1.55. The van der Waals surface area contributed by atoms with Gasteiger partial charge in [0.15, 0.2) is 5.65 Å². The summed E-state index contributed by atoms with van der Waals surface area (Å²) in [5, 5.41) is 16.4. The van der Waals surface area contributed by atoms with Gasteiger partial charge < -0.3 is 10.2 Å². The van der Waals surface area contributed by atoms with E-state index in [0.29, 0.717) is 12.1 Å². The van der Waals surface area contributed by atoms with Crippen LogP contribution in [-0.4, -0.2) is 50.0 Å². The van der Waals surface area contributed by atoms with Crippen molar-refractivity contribution in [3.63, 3.8) is 0 Å². The maximum absolute atomic E-state index is 13.5. The Morgan fingerprint density at radius 2 is 1.90 bits per heavy atom. The Morgan fingerprint density at radius 3 is 2.62 bits per heavy atom. The summed E-state index contributed by atoms with van der Waals surface area (Å²) in [6.07, 6.45) is 4.51. The van der Waals surface area contributed by atoms with Crippen LogP contribution in [0.4, 0.5) is 10.2 Å². The highest BCUT2D eigenvalue weighted by Gasteiger charge is 2.38. The van der Waals surface area contributed by atoms with E-state index in [-0.39, 0.29) is 5.82 Å². The number of nitrogens with zero attached hydrogens (tertiary/aromatic N) is 6. The summed E-state index contributed by atoms with van der Waals surface area (Å²) in [6, 6.07) is 13.3. The van der Waals surface area contributed by atoms with Crippen LogP contribution < -0.4 is 10.2 Å². The molecule has 0 unspecified atom stereocenters. The average Bonchev–Trinajstić information content (AvgIpc) is 3.48. The van der Waals surface area contributed by atoms with Gasteiger partial charge in [-0.05, 0) is 48.9 Å². The number of hydrogen-bond donors (Lipinski definition) is 1. The number of imidazole rings is 1. The molecule has 29 heavy (non-hydrogen) atoms. The van der Waals surface area contributed by atoms with Gasteiger partial charge in [-0.25, -0.2) is 13.9 Å². The lowest BCUT2D eigenvalue weighted by Gasteiger charge is -2.28. The average molecular weight is 387 g/mol. The van der Waals surface area contributed by atoms with E-state index in [1.165, 1.54) is 12.1 Å². The number of aromatic nitrogens is 5. The first-order valence-corrected chi connectivity index (χ1v) is 9.69. The SMILES string of the molecule is Fc1ccc(-c2nc3ccc(N4C[C@@H]5C[C@H]4CN5)nn3c2-c2ccnnc2)cc1. The van der Waals surface area contributed by atoms with E-state index in [0.717, 1.165) is 53.5 Å². The van der Waals surface area contributed by atoms with Crippen molar-refractivity contribution in [3.05, 3.63) is 60.7 Å². The first-order chi connectivity index (χ1) is 14.3. The van der Waals surface area contributed by atoms with Crippen molar-refractivity contribution in [1.29, 1.82) is 0 Å². The Morgan fingerprint density at radius 1 is 1.00 bits per heavy atom. The van der Waals surface area contributed by atoms with Crippen molar-refractivity contribution in [2.75, 3.05) is 18.0 Å². The molecule has 1 N–H and O–H groups in total. The molecule has 2 bridgehead atoms. The number of hydrogen-bond acceptors (Lipinski definition) is 6. The molecule has 2 aliphatic rings. The summed E-state index contributed by atoms with van der Waals surface area (Å²) in [7, 11) is 0. The zero-order chi connectivity index (χ0) is 19.4. The number of fused-ring (bicyclic) bond motifs is 3. The zero-order valence-electron chi connectivity index (χ0n) is 15.5. The first kappa shape index (κ1) is 16.6. The summed E-state index contributed by atoms with van der Waals surface area (Å²) in [5.74, 6) is 0.667. The van der Waals surface area contributed by atoms with Crippen LogP contribution in [0.1, 0.15) is 6.42 Å².